The Balaban J connectivity index is 2.24. The lowest BCUT2D eigenvalue weighted by Crippen LogP contribution is -2.28. The van der Waals surface area contributed by atoms with Gasteiger partial charge in [0, 0.05) is 12.1 Å². The number of nitrogens with zero attached hydrogens (tertiary/aromatic N) is 2. The van der Waals surface area contributed by atoms with Crippen molar-refractivity contribution in [2.45, 2.75) is 13.8 Å². The number of anilines is 1. The fourth-order valence-electron chi connectivity index (χ4n) is 1.60. The third-order valence-corrected chi connectivity index (χ3v) is 3.43. The molecular weight excluding hydrogens is 276 g/mol. The van der Waals surface area contributed by atoms with Crippen LogP contribution in [0.1, 0.15) is 19.4 Å². The van der Waals surface area contributed by atoms with Gasteiger partial charge in [0.2, 0.25) is 0 Å². The zero-order valence-corrected chi connectivity index (χ0v) is 12.2. The second-order valence-electron chi connectivity index (χ2n) is 3.85. The fraction of sp³-hybridized carbons (Fsp3) is 0.308. The normalized spacial score (nSPS) is 10.9. The number of urea groups is 1. The summed E-state index contributed by atoms with van der Waals surface area (Å²) in [5.41, 5.74) is 1.74. The molecule has 2 N–H and O–H groups in total. The van der Waals surface area contributed by atoms with Crippen molar-refractivity contribution in [3.8, 4) is 0 Å². The number of nitrogens with one attached hydrogen (secondary N) is 2. The molecule has 0 spiro atoms. The van der Waals surface area contributed by atoms with E-state index in [2.05, 4.69) is 20.8 Å². The Kier molecular flexibility index (Phi) is 4.89. The van der Waals surface area contributed by atoms with Crippen LogP contribution in [0.25, 0.3) is 10.2 Å². The summed E-state index contributed by atoms with van der Waals surface area (Å²) in [6.07, 6.45) is 1.65. The molecule has 20 heavy (non-hydrogen) atoms. The lowest BCUT2D eigenvalue weighted by Gasteiger charge is -2.00. The standard InChI is InChI=1S/C13H16N4O2S/c1-3-14-12(18)17-13-16-10-7-5-6-9(11(10)20-13)8-15-19-4-2/h5-8H,3-4H2,1-2H3,(H2,14,16,17,18)/b15-8+. The number of carbonyl (C=O) groups excluding carboxylic acids is 1. The molecule has 106 valence electrons. The Hall–Kier alpha value is -2.15. The first-order valence-corrected chi connectivity index (χ1v) is 7.16. The number of oxime groups is 1. The highest BCUT2D eigenvalue weighted by Gasteiger charge is 2.09. The highest BCUT2D eigenvalue weighted by molar-refractivity contribution is 7.22. The van der Waals surface area contributed by atoms with Crippen LogP contribution in [-0.4, -0.2) is 30.4 Å². The second kappa shape index (κ2) is 6.85. The van der Waals surface area contributed by atoms with Crippen molar-refractivity contribution in [1.82, 2.24) is 10.3 Å². The molecule has 0 radical (unpaired) electrons. The van der Waals surface area contributed by atoms with E-state index < -0.39 is 0 Å². The number of hydrogen-bond acceptors (Lipinski definition) is 5. The highest BCUT2D eigenvalue weighted by atomic mass is 32.1. The van der Waals surface area contributed by atoms with Crippen LogP contribution in [0.15, 0.2) is 23.4 Å². The van der Waals surface area contributed by atoms with Crippen molar-refractivity contribution < 1.29 is 9.63 Å². The average Bonchev–Trinajstić information content (AvgIpc) is 2.82. The smallest absolute Gasteiger partial charge is 0.321 e. The molecule has 0 aliphatic carbocycles. The minimum atomic E-state index is -0.254. The molecule has 0 bridgehead atoms. The molecule has 1 aromatic carbocycles. The predicted molar refractivity (Wildman–Crippen MR) is 81.5 cm³/mol. The molecule has 2 amide bonds. The van der Waals surface area contributed by atoms with Gasteiger partial charge in [-0.2, -0.15) is 0 Å². The summed E-state index contributed by atoms with van der Waals surface area (Å²) >= 11 is 1.41. The summed E-state index contributed by atoms with van der Waals surface area (Å²) in [5, 5.41) is 9.80. The maximum Gasteiger partial charge on any atom is 0.321 e. The Bertz CT molecular complexity index is 624. The summed E-state index contributed by atoms with van der Waals surface area (Å²) in [4.78, 5) is 20.8. The molecule has 1 aromatic heterocycles. The molecule has 0 atom stereocenters. The van der Waals surface area contributed by atoms with Gasteiger partial charge in [-0.1, -0.05) is 28.6 Å². The highest BCUT2D eigenvalue weighted by Crippen LogP contribution is 2.28. The molecule has 0 aliphatic heterocycles. The van der Waals surface area contributed by atoms with E-state index in [1.165, 1.54) is 11.3 Å². The first-order valence-electron chi connectivity index (χ1n) is 6.34. The summed E-state index contributed by atoms with van der Waals surface area (Å²) in [6.45, 7) is 4.83. The van der Waals surface area contributed by atoms with Crippen molar-refractivity contribution in [3.63, 3.8) is 0 Å². The summed E-state index contributed by atoms with van der Waals surface area (Å²) in [5.74, 6) is 0. The van der Waals surface area contributed by atoms with Gasteiger partial charge in [0.1, 0.15) is 6.61 Å². The molecule has 1 heterocycles. The van der Waals surface area contributed by atoms with Crippen LogP contribution in [0.5, 0.6) is 0 Å². The molecule has 2 rings (SSSR count). The Morgan fingerprint density at radius 1 is 1.50 bits per heavy atom. The summed E-state index contributed by atoms with van der Waals surface area (Å²) in [6, 6.07) is 5.47. The number of fused-ring (bicyclic) bond motifs is 1. The number of hydrogen-bond donors (Lipinski definition) is 2. The van der Waals surface area contributed by atoms with Crippen molar-refractivity contribution in [3.05, 3.63) is 23.8 Å². The fourth-order valence-corrected chi connectivity index (χ4v) is 2.53. The third-order valence-electron chi connectivity index (χ3n) is 2.40. The maximum absolute atomic E-state index is 11.5. The summed E-state index contributed by atoms with van der Waals surface area (Å²) in [7, 11) is 0. The van der Waals surface area contributed by atoms with E-state index in [0.717, 1.165) is 15.8 Å². The molecule has 2 aromatic rings. The van der Waals surface area contributed by atoms with E-state index in [4.69, 9.17) is 4.84 Å². The zero-order valence-electron chi connectivity index (χ0n) is 11.3. The van der Waals surface area contributed by atoms with Crippen LogP contribution in [0.4, 0.5) is 9.93 Å². The Morgan fingerprint density at radius 3 is 3.10 bits per heavy atom. The quantitative estimate of drug-likeness (QED) is 0.657. The molecule has 0 unspecified atom stereocenters. The van der Waals surface area contributed by atoms with E-state index in [1.807, 2.05) is 32.0 Å². The number of rotatable bonds is 5. The number of thiazole rings is 1. The Labute approximate surface area is 120 Å². The minimum absolute atomic E-state index is 0.254. The van der Waals surface area contributed by atoms with Gasteiger partial charge >= 0.3 is 6.03 Å². The number of carbonyl (C=O) groups is 1. The van der Waals surface area contributed by atoms with Crippen LogP contribution in [0.3, 0.4) is 0 Å². The lowest BCUT2D eigenvalue weighted by atomic mass is 10.2. The van der Waals surface area contributed by atoms with Gasteiger partial charge in [-0.25, -0.2) is 9.78 Å². The van der Waals surface area contributed by atoms with Crippen molar-refractivity contribution >= 4 is 38.9 Å². The second-order valence-corrected chi connectivity index (χ2v) is 4.85. The van der Waals surface area contributed by atoms with E-state index >= 15 is 0 Å². The molecular formula is C13H16N4O2S. The van der Waals surface area contributed by atoms with Crippen LogP contribution in [0.2, 0.25) is 0 Å². The Morgan fingerprint density at radius 2 is 2.35 bits per heavy atom. The van der Waals surface area contributed by atoms with Gasteiger partial charge in [0.15, 0.2) is 5.13 Å². The first-order chi connectivity index (χ1) is 9.74. The number of benzene rings is 1. The third kappa shape index (κ3) is 3.45. The van der Waals surface area contributed by atoms with Gasteiger partial charge < -0.3 is 10.2 Å². The van der Waals surface area contributed by atoms with Gasteiger partial charge in [0.25, 0.3) is 0 Å². The molecule has 0 aliphatic rings. The molecule has 0 fully saturated rings. The first kappa shape index (κ1) is 14.3. The largest absolute Gasteiger partial charge is 0.396 e. The molecule has 0 saturated heterocycles. The molecule has 0 saturated carbocycles. The van der Waals surface area contributed by atoms with E-state index in [0.29, 0.717) is 18.3 Å². The summed E-state index contributed by atoms with van der Waals surface area (Å²) < 4.78 is 0.961. The van der Waals surface area contributed by atoms with E-state index in [9.17, 15) is 4.79 Å². The molecule has 7 heteroatoms. The van der Waals surface area contributed by atoms with Gasteiger partial charge in [-0.3, -0.25) is 5.32 Å². The van der Waals surface area contributed by atoms with E-state index in [1.54, 1.807) is 6.21 Å². The zero-order chi connectivity index (χ0) is 14.4. The number of amides is 2. The SMILES string of the molecule is CCNC(=O)Nc1nc2cccc(/C=N/OCC)c2s1. The van der Waals surface area contributed by atoms with Crippen LogP contribution < -0.4 is 10.6 Å². The minimum Gasteiger partial charge on any atom is -0.396 e. The van der Waals surface area contributed by atoms with E-state index in [-0.39, 0.29) is 6.03 Å². The van der Waals surface area contributed by atoms with Gasteiger partial charge in [-0.05, 0) is 19.9 Å². The van der Waals surface area contributed by atoms with Crippen LogP contribution in [0, 0.1) is 0 Å². The van der Waals surface area contributed by atoms with Crippen LogP contribution >= 0.6 is 11.3 Å². The van der Waals surface area contributed by atoms with Gasteiger partial charge in [0.05, 0.1) is 16.4 Å². The lowest BCUT2D eigenvalue weighted by molar-refractivity contribution is 0.160. The van der Waals surface area contributed by atoms with Crippen molar-refractivity contribution in [1.29, 1.82) is 0 Å². The number of aromatic nitrogens is 1. The van der Waals surface area contributed by atoms with Gasteiger partial charge in [-0.15, -0.1) is 0 Å². The van der Waals surface area contributed by atoms with Crippen LogP contribution in [-0.2, 0) is 4.84 Å². The predicted octanol–water partition coefficient (Wildman–Crippen LogP) is 2.81. The van der Waals surface area contributed by atoms with Crippen molar-refractivity contribution in [2.24, 2.45) is 5.16 Å². The monoisotopic (exact) mass is 292 g/mol. The topological polar surface area (TPSA) is 75.6 Å². The molecule has 6 nitrogen and oxygen atoms in total. The van der Waals surface area contributed by atoms with Crippen molar-refractivity contribution in [2.75, 3.05) is 18.5 Å². The maximum atomic E-state index is 11.5. The average molecular weight is 292 g/mol.